The van der Waals surface area contributed by atoms with Gasteiger partial charge in [0.1, 0.15) is 5.75 Å². The van der Waals surface area contributed by atoms with Crippen molar-refractivity contribution in [1.82, 2.24) is 29.5 Å². The molecule has 9 nitrogen and oxygen atoms in total. The molecule has 10 heteroatoms. The van der Waals surface area contributed by atoms with Gasteiger partial charge in [-0.05, 0) is 56.5 Å². The van der Waals surface area contributed by atoms with Gasteiger partial charge in [0.15, 0.2) is 5.65 Å². The number of hydrogen-bond acceptors (Lipinski definition) is 7. The van der Waals surface area contributed by atoms with Gasteiger partial charge >= 0.3 is 0 Å². The maximum atomic E-state index is 12.0. The number of likely N-dealkylation sites (N-methyl/N-ethyl adjacent to an activating group) is 1. The molecule has 2 aliphatic rings. The number of aromatic nitrogens is 4. The summed E-state index contributed by atoms with van der Waals surface area (Å²) < 4.78 is 7.56. The van der Waals surface area contributed by atoms with Crippen LogP contribution in [0.2, 0.25) is 0 Å². The summed E-state index contributed by atoms with van der Waals surface area (Å²) in [6, 6.07) is 4.76. The highest BCUT2D eigenvalue weighted by Crippen LogP contribution is 2.37. The van der Waals surface area contributed by atoms with E-state index in [9.17, 15) is 4.79 Å². The van der Waals surface area contributed by atoms with E-state index >= 15 is 0 Å². The van der Waals surface area contributed by atoms with Crippen molar-refractivity contribution >= 4 is 41.0 Å². The Morgan fingerprint density at radius 1 is 1.26 bits per heavy atom. The first-order valence-corrected chi connectivity index (χ1v) is 11.6. The zero-order valence-electron chi connectivity index (χ0n) is 20.1. The summed E-state index contributed by atoms with van der Waals surface area (Å²) in [6.07, 6.45) is 6.58. The number of rotatable bonds is 5. The van der Waals surface area contributed by atoms with Crippen molar-refractivity contribution in [3.63, 3.8) is 0 Å². The molecular formula is C24H32ClN7O2. The molecule has 0 spiro atoms. The number of likely N-dealkylation sites (tertiary alicyclic amines) is 1. The van der Waals surface area contributed by atoms with Crippen LogP contribution in [0, 0.1) is 0 Å². The summed E-state index contributed by atoms with van der Waals surface area (Å²) in [4.78, 5) is 25.5. The Morgan fingerprint density at radius 2 is 2.09 bits per heavy atom. The molecule has 1 fully saturated rings. The van der Waals surface area contributed by atoms with Crippen molar-refractivity contribution in [3.8, 4) is 5.75 Å². The van der Waals surface area contributed by atoms with Gasteiger partial charge in [-0.15, -0.1) is 12.4 Å². The molecule has 34 heavy (non-hydrogen) atoms. The van der Waals surface area contributed by atoms with Gasteiger partial charge in [0.2, 0.25) is 11.9 Å². The molecule has 0 aliphatic carbocycles. The Morgan fingerprint density at radius 3 is 2.85 bits per heavy atom. The molecule has 1 unspecified atom stereocenters. The minimum Gasteiger partial charge on any atom is -0.495 e. The van der Waals surface area contributed by atoms with Gasteiger partial charge < -0.3 is 15.0 Å². The molecule has 182 valence electrons. The SMILES string of the molecule is COc1cc2c(cc1Nc1ncc3cnn(CC4CCCN4C(C)=O)c3n1)[C@H](C)N(C)CC2.Cl. The lowest BCUT2D eigenvalue weighted by Crippen LogP contribution is -2.36. The van der Waals surface area contributed by atoms with E-state index in [1.165, 1.54) is 11.1 Å². The largest absolute Gasteiger partial charge is 0.495 e. The molecule has 5 rings (SSSR count). The summed E-state index contributed by atoms with van der Waals surface area (Å²) in [5.41, 5.74) is 4.23. The highest BCUT2D eigenvalue weighted by atomic mass is 35.5. The zero-order valence-corrected chi connectivity index (χ0v) is 20.9. The van der Waals surface area contributed by atoms with Crippen LogP contribution >= 0.6 is 12.4 Å². The number of methoxy groups -OCH3 is 1. The zero-order chi connectivity index (χ0) is 23.1. The number of hydrogen-bond donors (Lipinski definition) is 1. The quantitative estimate of drug-likeness (QED) is 0.591. The monoisotopic (exact) mass is 485 g/mol. The molecule has 3 aromatic rings. The van der Waals surface area contributed by atoms with Crippen molar-refractivity contribution in [1.29, 1.82) is 0 Å². The number of amides is 1. The average Bonchev–Trinajstić information content (AvgIpc) is 3.44. The number of fused-ring (bicyclic) bond motifs is 2. The lowest BCUT2D eigenvalue weighted by Gasteiger charge is -2.32. The molecule has 2 atom stereocenters. The molecule has 2 aromatic heterocycles. The van der Waals surface area contributed by atoms with Crippen LogP contribution in [0.5, 0.6) is 5.75 Å². The van der Waals surface area contributed by atoms with Gasteiger partial charge in [-0.25, -0.2) is 9.67 Å². The van der Waals surface area contributed by atoms with E-state index in [1.807, 2.05) is 9.58 Å². The Labute approximate surface area is 205 Å². The van der Waals surface area contributed by atoms with E-state index in [4.69, 9.17) is 9.72 Å². The number of halogens is 1. The first kappa shape index (κ1) is 24.2. The minimum absolute atomic E-state index is 0. The minimum atomic E-state index is 0. The third kappa shape index (κ3) is 4.42. The fourth-order valence-electron chi connectivity index (χ4n) is 5.06. The Hall–Kier alpha value is -2.91. The van der Waals surface area contributed by atoms with Crippen molar-refractivity contribution in [2.75, 3.05) is 32.6 Å². The van der Waals surface area contributed by atoms with Gasteiger partial charge in [0.25, 0.3) is 0 Å². The number of ether oxygens (including phenoxy) is 1. The van der Waals surface area contributed by atoms with E-state index in [2.05, 4.69) is 46.4 Å². The van der Waals surface area contributed by atoms with Crippen molar-refractivity contribution in [3.05, 3.63) is 35.7 Å². The third-order valence-corrected chi connectivity index (χ3v) is 7.09. The summed E-state index contributed by atoms with van der Waals surface area (Å²) in [5.74, 6) is 1.39. The molecule has 4 heterocycles. The Kier molecular flexibility index (Phi) is 6.95. The maximum absolute atomic E-state index is 12.0. The molecule has 0 saturated carbocycles. The lowest BCUT2D eigenvalue weighted by molar-refractivity contribution is -0.129. The molecule has 1 saturated heterocycles. The van der Waals surface area contributed by atoms with Crippen LogP contribution in [0.4, 0.5) is 11.6 Å². The number of carbonyl (C=O) groups is 1. The Bertz CT molecular complexity index is 1200. The third-order valence-electron chi connectivity index (χ3n) is 7.09. The fourth-order valence-corrected chi connectivity index (χ4v) is 5.06. The van der Waals surface area contributed by atoms with Crippen molar-refractivity contribution < 1.29 is 9.53 Å². The normalized spacial score (nSPS) is 20.2. The second-order valence-corrected chi connectivity index (χ2v) is 9.09. The van der Waals surface area contributed by atoms with Crippen LogP contribution < -0.4 is 10.1 Å². The molecule has 1 amide bonds. The molecule has 1 N–H and O–H groups in total. The van der Waals surface area contributed by atoms with Gasteiger partial charge in [-0.1, -0.05) is 0 Å². The molecular weight excluding hydrogens is 454 g/mol. The van der Waals surface area contributed by atoms with Crippen molar-refractivity contribution in [2.24, 2.45) is 0 Å². The second kappa shape index (κ2) is 9.76. The number of nitrogens with one attached hydrogen (secondary N) is 1. The van der Waals surface area contributed by atoms with Crippen molar-refractivity contribution in [2.45, 2.75) is 51.7 Å². The van der Waals surface area contributed by atoms with Crippen LogP contribution in [-0.2, 0) is 17.8 Å². The number of carbonyl (C=O) groups excluding carboxylic acids is 1. The fraction of sp³-hybridized carbons (Fsp3) is 0.500. The van der Waals surface area contributed by atoms with E-state index < -0.39 is 0 Å². The predicted molar refractivity (Wildman–Crippen MR) is 134 cm³/mol. The van der Waals surface area contributed by atoms with Gasteiger partial charge in [0, 0.05) is 32.3 Å². The van der Waals surface area contributed by atoms with Crippen LogP contribution in [0.25, 0.3) is 11.0 Å². The highest BCUT2D eigenvalue weighted by molar-refractivity contribution is 5.85. The van der Waals surface area contributed by atoms with E-state index in [1.54, 1.807) is 26.4 Å². The summed E-state index contributed by atoms with van der Waals surface area (Å²) >= 11 is 0. The maximum Gasteiger partial charge on any atom is 0.229 e. The lowest BCUT2D eigenvalue weighted by atomic mass is 9.93. The van der Waals surface area contributed by atoms with Crippen LogP contribution in [0.3, 0.4) is 0 Å². The predicted octanol–water partition coefficient (Wildman–Crippen LogP) is 3.56. The molecule has 2 aliphatic heterocycles. The topological polar surface area (TPSA) is 88.4 Å². The summed E-state index contributed by atoms with van der Waals surface area (Å²) in [5, 5.41) is 8.77. The van der Waals surface area contributed by atoms with E-state index in [0.717, 1.165) is 54.8 Å². The van der Waals surface area contributed by atoms with Gasteiger partial charge in [-0.2, -0.15) is 10.1 Å². The number of anilines is 2. The first-order chi connectivity index (χ1) is 15.9. The molecule has 0 bridgehead atoms. The second-order valence-electron chi connectivity index (χ2n) is 9.09. The molecule has 0 radical (unpaired) electrons. The van der Waals surface area contributed by atoms with Crippen LogP contribution in [0.15, 0.2) is 24.5 Å². The van der Waals surface area contributed by atoms with Crippen LogP contribution in [-0.4, -0.2) is 68.7 Å². The van der Waals surface area contributed by atoms with E-state index in [-0.39, 0.29) is 24.4 Å². The van der Waals surface area contributed by atoms with Gasteiger partial charge in [-0.3, -0.25) is 9.69 Å². The summed E-state index contributed by atoms with van der Waals surface area (Å²) in [6.45, 7) is 6.34. The average molecular weight is 486 g/mol. The standard InChI is InChI=1S/C24H31N7O2.ClH/c1-15-20-11-21(22(33-4)10-17(20)7-9-29(15)3)27-24-25-12-18-13-26-31(23(18)28-24)14-19-6-5-8-30(19)16(2)32;/h10-13,15,19H,5-9,14H2,1-4H3,(H,25,27,28);1H/t15-,19?;/m0./s1. The summed E-state index contributed by atoms with van der Waals surface area (Å²) in [7, 11) is 3.84. The van der Waals surface area contributed by atoms with Crippen LogP contribution in [0.1, 0.15) is 43.9 Å². The Balaban J connectivity index is 0.00000274. The molecule has 1 aromatic carbocycles. The van der Waals surface area contributed by atoms with E-state index in [0.29, 0.717) is 18.5 Å². The van der Waals surface area contributed by atoms with Gasteiger partial charge in [0.05, 0.1) is 37.0 Å². The number of nitrogens with zero attached hydrogens (tertiary/aromatic N) is 6. The smallest absolute Gasteiger partial charge is 0.229 e. The highest BCUT2D eigenvalue weighted by Gasteiger charge is 2.28. The first-order valence-electron chi connectivity index (χ1n) is 11.6. The number of benzene rings is 1.